The SMILES string of the molecule is CCNC(=NCc1ccc(N2CCCC2=O)cc1)NCC(c1ccc(OC)cc1)N(C)C.I. The summed E-state index contributed by atoms with van der Waals surface area (Å²) in [5.74, 6) is 1.85. The van der Waals surface area contributed by atoms with E-state index in [4.69, 9.17) is 9.73 Å². The third kappa shape index (κ3) is 7.60. The summed E-state index contributed by atoms with van der Waals surface area (Å²) in [6.07, 6.45) is 1.58. The number of likely N-dealkylation sites (N-methyl/N-ethyl adjacent to an activating group) is 1. The quantitative estimate of drug-likeness (QED) is 0.275. The van der Waals surface area contributed by atoms with Crippen LogP contribution in [0.15, 0.2) is 53.5 Å². The highest BCUT2D eigenvalue weighted by Crippen LogP contribution is 2.22. The van der Waals surface area contributed by atoms with Crippen LogP contribution in [-0.2, 0) is 11.3 Å². The monoisotopic (exact) mass is 565 g/mol. The summed E-state index contributed by atoms with van der Waals surface area (Å²) in [4.78, 5) is 20.7. The molecule has 33 heavy (non-hydrogen) atoms. The highest BCUT2D eigenvalue weighted by Gasteiger charge is 2.21. The molecular weight excluding hydrogens is 529 g/mol. The Morgan fingerprint density at radius 3 is 2.36 bits per heavy atom. The third-order valence-corrected chi connectivity index (χ3v) is 5.67. The van der Waals surface area contributed by atoms with Crippen molar-refractivity contribution in [3.8, 4) is 5.75 Å². The maximum atomic E-state index is 11.9. The van der Waals surface area contributed by atoms with Gasteiger partial charge in [-0.15, -0.1) is 24.0 Å². The minimum Gasteiger partial charge on any atom is -0.497 e. The van der Waals surface area contributed by atoms with Crippen LogP contribution in [0.1, 0.15) is 36.9 Å². The first-order valence-electron chi connectivity index (χ1n) is 11.2. The van der Waals surface area contributed by atoms with Gasteiger partial charge in [0.25, 0.3) is 0 Å². The molecule has 0 bridgehead atoms. The molecule has 7 nitrogen and oxygen atoms in total. The Kier molecular flexibility index (Phi) is 10.9. The summed E-state index contributed by atoms with van der Waals surface area (Å²) in [5.41, 5.74) is 3.29. The minimum absolute atomic E-state index is 0. The summed E-state index contributed by atoms with van der Waals surface area (Å²) >= 11 is 0. The molecule has 1 aliphatic rings. The summed E-state index contributed by atoms with van der Waals surface area (Å²) < 4.78 is 5.28. The molecule has 2 aromatic rings. The number of methoxy groups -OCH3 is 1. The number of halogens is 1. The molecule has 1 unspecified atom stereocenters. The van der Waals surface area contributed by atoms with Gasteiger partial charge in [0.1, 0.15) is 5.75 Å². The first-order valence-corrected chi connectivity index (χ1v) is 11.2. The molecule has 1 amide bonds. The zero-order valence-electron chi connectivity index (χ0n) is 20.0. The number of rotatable bonds is 9. The molecule has 0 radical (unpaired) electrons. The second kappa shape index (κ2) is 13.4. The van der Waals surface area contributed by atoms with E-state index in [1.54, 1.807) is 7.11 Å². The Hall–Kier alpha value is -2.33. The number of ether oxygens (including phenoxy) is 1. The van der Waals surface area contributed by atoms with Crippen molar-refractivity contribution < 1.29 is 9.53 Å². The first kappa shape index (κ1) is 26.9. The van der Waals surface area contributed by atoms with Crippen LogP contribution in [0.5, 0.6) is 5.75 Å². The van der Waals surface area contributed by atoms with Crippen LogP contribution in [0.25, 0.3) is 0 Å². The summed E-state index contributed by atoms with van der Waals surface area (Å²) in [5, 5.41) is 6.80. The zero-order chi connectivity index (χ0) is 22.9. The number of benzene rings is 2. The van der Waals surface area contributed by atoms with E-state index in [2.05, 4.69) is 48.7 Å². The van der Waals surface area contributed by atoms with E-state index in [1.807, 2.05) is 41.3 Å². The van der Waals surface area contributed by atoms with E-state index in [1.165, 1.54) is 5.56 Å². The number of carbonyl (C=O) groups is 1. The maximum Gasteiger partial charge on any atom is 0.227 e. The normalized spacial score (nSPS) is 14.8. The molecule has 2 aromatic carbocycles. The lowest BCUT2D eigenvalue weighted by Gasteiger charge is -2.26. The van der Waals surface area contributed by atoms with Gasteiger partial charge >= 0.3 is 0 Å². The average Bonchev–Trinajstić information content (AvgIpc) is 3.24. The number of anilines is 1. The van der Waals surface area contributed by atoms with Crippen molar-refractivity contribution in [3.05, 3.63) is 59.7 Å². The molecule has 1 fully saturated rings. The van der Waals surface area contributed by atoms with E-state index < -0.39 is 0 Å². The lowest BCUT2D eigenvalue weighted by atomic mass is 10.1. The van der Waals surface area contributed by atoms with Gasteiger partial charge in [0.2, 0.25) is 5.91 Å². The molecule has 0 aromatic heterocycles. The molecule has 1 saturated heterocycles. The highest BCUT2D eigenvalue weighted by molar-refractivity contribution is 14.0. The van der Waals surface area contributed by atoms with Crippen molar-refractivity contribution in [1.82, 2.24) is 15.5 Å². The second-order valence-corrected chi connectivity index (χ2v) is 8.14. The fraction of sp³-hybridized carbons (Fsp3) is 0.440. The number of aliphatic imine (C=N–C) groups is 1. The molecular formula is C25H36IN5O2. The topological polar surface area (TPSA) is 69.2 Å². The number of amides is 1. The van der Waals surface area contributed by atoms with Crippen molar-refractivity contribution in [1.29, 1.82) is 0 Å². The lowest BCUT2D eigenvalue weighted by molar-refractivity contribution is -0.117. The lowest BCUT2D eigenvalue weighted by Crippen LogP contribution is -2.41. The van der Waals surface area contributed by atoms with Gasteiger partial charge in [-0.3, -0.25) is 4.79 Å². The van der Waals surface area contributed by atoms with E-state index in [9.17, 15) is 4.79 Å². The van der Waals surface area contributed by atoms with Gasteiger partial charge in [0.15, 0.2) is 5.96 Å². The first-order chi connectivity index (χ1) is 15.5. The summed E-state index contributed by atoms with van der Waals surface area (Å²) in [6, 6.07) is 16.5. The van der Waals surface area contributed by atoms with Crippen LogP contribution in [0.3, 0.4) is 0 Å². The third-order valence-electron chi connectivity index (χ3n) is 5.67. The van der Waals surface area contributed by atoms with Gasteiger partial charge in [-0.05, 0) is 62.8 Å². The number of hydrogen-bond donors (Lipinski definition) is 2. The van der Waals surface area contributed by atoms with Gasteiger partial charge in [0, 0.05) is 31.7 Å². The number of nitrogens with one attached hydrogen (secondary N) is 2. The minimum atomic E-state index is 0. The molecule has 180 valence electrons. The Balaban J connectivity index is 0.00000385. The fourth-order valence-corrected chi connectivity index (χ4v) is 3.83. The summed E-state index contributed by atoms with van der Waals surface area (Å²) in [6.45, 7) is 4.95. The Morgan fingerprint density at radius 1 is 1.12 bits per heavy atom. The van der Waals surface area contributed by atoms with Crippen molar-refractivity contribution in [2.24, 2.45) is 4.99 Å². The van der Waals surface area contributed by atoms with Gasteiger partial charge in [-0.1, -0.05) is 24.3 Å². The van der Waals surface area contributed by atoms with Gasteiger partial charge in [0.05, 0.1) is 19.7 Å². The Morgan fingerprint density at radius 2 is 1.82 bits per heavy atom. The van der Waals surface area contributed by atoms with Gasteiger partial charge < -0.3 is 25.2 Å². The highest BCUT2D eigenvalue weighted by atomic mass is 127. The van der Waals surface area contributed by atoms with Crippen molar-refractivity contribution in [2.75, 3.05) is 45.7 Å². The Bertz CT molecular complexity index is 900. The molecule has 3 rings (SSSR count). The smallest absolute Gasteiger partial charge is 0.227 e. The van der Waals surface area contributed by atoms with Crippen LogP contribution in [-0.4, -0.2) is 57.6 Å². The molecule has 2 N–H and O–H groups in total. The van der Waals surface area contributed by atoms with Crippen molar-refractivity contribution in [3.63, 3.8) is 0 Å². The molecule has 1 atom stereocenters. The maximum absolute atomic E-state index is 11.9. The molecule has 0 aliphatic carbocycles. The largest absolute Gasteiger partial charge is 0.497 e. The summed E-state index contributed by atoms with van der Waals surface area (Å²) in [7, 11) is 5.83. The van der Waals surface area contributed by atoms with Crippen LogP contribution in [0.4, 0.5) is 5.69 Å². The van der Waals surface area contributed by atoms with Crippen LogP contribution < -0.4 is 20.3 Å². The molecule has 8 heteroatoms. The number of hydrogen-bond acceptors (Lipinski definition) is 4. The van der Waals surface area contributed by atoms with Gasteiger partial charge in [-0.2, -0.15) is 0 Å². The van der Waals surface area contributed by atoms with E-state index in [-0.39, 0.29) is 35.9 Å². The number of carbonyl (C=O) groups excluding carboxylic acids is 1. The Labute approximate surface area is 214 Å². The predicted molar refractivity (Wildman–Crippen MR) is 146 cm³/mol. The van der Waals surface area contributed by atoms with E-state index in [0.29, 0.717) is 13.0 Å². The van der Waals surface area contributed by atoms with Crippen LogP contribution >= 0.6 is 24.0 Å². The number of guanidine groups is 1. The van der Waals surface area contributed by atoms with E-state index in [0.717, 1.165) is 49.0 Å². The predicted octanol–water partition coefficient (Wildman–Crippen LogP) is 3.80. The van der Waals surface area contributed by atoms with Crippen molar-refractivity contribution >= 4 is 41.5 Å². The van der Waals surface area contributed by atoms with Crippen LogP contribution in [0.2, 0.25) is 0 Å². The fourth-order valence-electron chi connectivity index (χ4n) is 3.83. The zero-order valence-corrected chi connectivity index (χ0v) is 22.3. The standard InChI is InChI=1S/C25H35N5O2.HI/c1-5-26-25(28-18-23(29(2)3)20-10-14-22(32-4)15-11-20)27-17-19-8-12-21(13-9-19)30-16-6-7-24(30)31;/h8-15,23H,5-7,16-18H2,1-4H3,(H2,26,27,28);1H. The molecule has 0 saturated carbocycles. The van der Waals surface area contributed by atoms with Crippen LogP contribution in [0, 0.1) is 0 Å². The van der Waals surface area contributed by atoms with Crippen molar-refractivity contribution in [2.45, 2.75) is 32.4 Å². The van der Waals surface area contributed by atoms with Gasteiger partial charge in [-0.25, -0.2) is 4.99 Å². The average molecular weight is 566 g/mol. The second-order valence-electron chi connectivity index (χ2n) is 8.14. The number of nitrogens with zero attached hydrogens (tertiary/aromatic N) is 3. The molecule has 1 heterocycles. The molecule has 1 aliphatic heterocycles. The molecule has 0 spiro atoms. The van der Waals surface area contributed by atoms with E-state index >= 15 is 0 Å².